The number of aliphatic hydroxyl groups excluding tert-OH is 1. The zero-order valence-corrected chi connectivity index (χ0v) is 14.6. The fraction of sp³-hybridized carbons (Fsp3) is 0.333. The quantitative estimate of drug-likeness (QED) is 0.778. The molecule has 1 aliphatic rings. The van der Waals surface area contributed by atoms with Crippen LogP contribution in [-0.4, -0.2) is 40.9 Å². The van der Waals surface area contributed by atoms with Crippen LogP contribution in [0, 0.1) is 0 Å². The van der Waals surface area contributed by atoms with Crippen molar-refractivity contribution in [3.05, 3.63) is 65.9 Å². The van der Waals surface area contributed by atoms with E-state index in [1.807, 2.05) is 18.3 Å². The summed E-state index contributed by atoms with van der Waals surface area (Å²) >= 11 is 0. The van der Waals surface area contributed by atoms with Crippen LogP contribution in [0.25, 0.3) is 10.9 Å². The fourth-order valence-corrected chi connectivity index (χ4v) is 3.76. The lowest BCUT2D eigenvalue weighted by Crippen LogP contribution is -2.38. The van der Waals surface area contributed by atoms with Crippen molar-refractivity contribution in [1.82, 2.24) is 9.47 Å². The Morgan fingerprint density at radius 3 is 2.76 bits per heavy atom. The minimum absolute atomic E-state index is 0.386. The predicted molar refractivity (Wildman–Crippen MR) is 99.9 cm³/mol. The fourth-order valence-electron chi connectivity index (χ4n) is 3.76. The molecule has 0 saturated heterocycles. The number of benzene rings is 2. The van der Waals surface area contributed by atoms with Gasteiger partial charge in [-0.05, 0) is 41.8 Å². The number of hydrogen-bond acceptors (Lipinski definition) is 3. The molecule has 0 saturated carbocycles. The molecule has 0 radical (unpaired) electrons. The van der Waals surface area contributed by atoms with E-state index in [9.17, 15) is 5.11 Å². The van der Waals surface area contributed by atoms with E-state index in [1.54, 1.807) is 7.11 Å². The molecule has 4 rings (SSSR count). The van der Waals surface area contributed by atoms with E-state index in [4.69, 9.17) is 4.74 Å². The molecule has 1 N–H and O–H groups in total. The van der Waals surface area contributed by atoms with Gasteiger partial charge in [0.15, 0.2) is 0 Å². The monoisotopic (exact) mass is 336 g/mol. The molecule has 0 amide bonds. The summed E-state index contributed by atoms with van der Waals surface area (Å²) in [7, 11) is 1.68. The van der Waals surface area contributed by atoms with Crippen LogP contribution >= 0.6 is 0 Å². The van der Waals surface area contributed by atoms with E-state index in [0.717, 1.165) is 36.2 Å². The summed E-state index contributed by atoms with van der Waals surface area (Å²) in [6.45, 7) is 3.24. The van der Waals surface area contributed by atoms with Crippen LogP contribution in [-0.2, 0) is 19.5 Å². The van der Waals surface area contributed by atoms with Crippen molar-refractivity contribution in [2.75, 3.05) is 20.2 Å². The van der Waals surface area contributed by atoms with E-state index in [-0.39, 0.29) is 6.10 Å². The molecule has 0 unspecified atom stereocenters. The Balaban J connectivity index is 1.42. The minimum Gasteiger partial charge on any atom is -0.497 e. The second kappa shape index (κ2) is 6.90. The van der Waals surface area contributed by atoms with Gasteiger partial charge in [-0.15, -0.1) is 0 Å². The van der Waals surface area contributed by atoms with Gasteiger partial charge in [-0.1, -0.05) is 24.3 Å². The molecule has 1 aliphatic heterocycles. The average Bonchev–Trinajstić information content (AvgIpc) is 3.03. The summed E-state index contributed by atoms with van der Waals surface area (Å²) in [5.74, 6) is 0.859. The van der Waals surface area contributed by atoms with E-state index >= 15 is 0 Å². The van der Waals surface area contributed by atoms with Crippen LogP contribution in [0.1, 0.15) is 11.1 Å². The summed E-state index contributed by atoms with van der Waals surface area (Å²) in [5, 5.41) is 11.7. The molecule has 0 fully saturated rings. The molecular weight excluding hydrogens is 312 g/mol. The SMILES string of the molecule is COc1ccc2c(ccn2C[C@H](O)CN2CCc3ccccc3C2)c1. The maximum absolute atomic E-state index is 10.6. The summed E-state index contributed by atoms with van der Waals surface area (Å²) in [4.78, 5) is 2.35. The number of fused-ring (bicyclic) bond motifs is 2. The smallest absolute Gasteiger partial charge is 0.119 e. The highest BCUT2D eigenvalue weighted by molar-refractivity contribution is 5.81. The van der Waals surface area contributed by atoms with Crippen molar-refractivity contribution in [1.29, 1.82) is 0 Å². The third-order valence-corrected chi connectivity index (χ3v) is 5.06. The first-order valence-corrected chi connectivity index (χ1v) is 8.83. The Bertz CT molecular complexity index is 871. The van der Waals surface area contributed by atoms with Crippen LogP contribution in [0.4, 0.5) is 0 Å². The third-order valence-electron chi connectivity index (χ3n) is 5.06. The lowest BCUT2D eigenvalue weighted by Gasteiger charge is -2.30. The van der Waals surface area contributed by atoms with E-state index in [2.05, 4.69) is 45.9 Å². The largest absolute Gasteiger partial charge is 0.497 e. The number of aliphatic hydroxyl groups is 1. The van der Waals surface area contributed by atoms with Gasteiger partial charge in [-0.25, -0.2) is 0 Å². The van der Waals surface area contributed by atoms with Gasteiger partial charge in [0, 0.05) is 43.3 Å². The third kappa shape index (κ3) is 3.41. The van der Waals surface area contributed by atoms with Gasteiger partial charge >= 0.3 is 0 Å². The second-order valence-corrected chi connectivity index (χ2v) is 6.80. The molecule has 25 heavy (non-hydrogen) atoms. The number of hydrogen-bond donors (Lipinski definition) is 1. The Morgan fingerprint density at radius 2 is 1.92 bits per heavy atom. The number of nitrogens with zero attached hydrogens (tertiary/aromatic N) is 2. The van der Waals surface area contributed by atoms with Crippen molar-refractivity contribution >= 4 is 10.9 Å². The van der Waals surface area contributed by atoms with Crippen LogP contribution in [0.2, 0.25) is 0 Å². The van der Waals surface area contributed by atoms with Crippen molar-refractivity contribution < 1.29 is 9.84 Å². The Labute approximate surface area is 148 Å². The molecule has 3 aromatic rings. The number of β-amino-alcohol motifs (C(OH)–C–C–N with tert-alkyl or cyclic N) is 1. The van der Waals surface area contributed by atoms with Gasteiger partial charge < -0.3 is 14.4 Å². The lowest BCUT2D eigenvalue weighted by atomic mass is 10.00. The van der Waals surface area contributed by atoms with Gasteiger partial charge in [0.05, 0.1) is 13.2 Å². The number of aromatic nitrogens is 1. The molecule has 4 heteroatoms. The Morgan fingerprint density at radius 1 is 1.08 bits per heavy atom. The molecule has 1 aromatic heterocycles. The van der Waals surface area contributed by atoms with Crippen molar-refractivity contribution in [2.45, 2.75) is 25.6 Å². The normalized spacial score (nSPS) is 15.9. The van der Waals surface area contributed by atoms with Gasteiger partial charge in [0.1, 0.15) is 5.75 Å². The first-order valence-electron chi connectivity index (χ1n) is 8.83. The zero-order chi connectivity index (χ0) is 17.2. The first kappa shape index (κ1) is 16.2. The predicted octanol–water partition coefficient (Wildman–Crippen LogP) is 3.07. The lowest BCUT2D eigenvalue weighted by molar-refractivity contribution is 0.0928. The maximum atomic E-state index is 10.6. The highest BCUT2D eigenvalue weighted by atomic mass is 16.5. The maximum Gasteiger partial charge on any atom is 0.119 e. The summed E-state index contributed by atoms with van der Waals surface area (Å²) in [6, 6.07) is 16.7. The summed E-state index contributed by atoms with van der Waals surface area (Å²) < 4.78 is 7.40. The zero-order valence-electron chi connectivity index (χ0n) is 14.6. The topological polar surface area (TPSA) is 37.6 Å². The highest BCUT2D eigenvalue weighted by Crippen LogP contribution is 2.23. The number of methoxy groups -OCH3 is 1. The van der Waals surface area contributed by atoms with Crippen molar-refractivity contribution in [3.63, 3.8) is 0 Å². The van der Waals surface area contributed by atoms with Gasteiger partial charge in [-0.3, -0.25) is 4.90 Å². The van der Waals surface area contributed by atoms with E-state index in [0.29, 0.717) is 13.1 Å². The second-order valence-electron chi connectivity index (χ2n) is 6.80. The van der Waals surface area contributed by atoms with E-state index in [1.165, 1.54) is 11.1 Å². The molecule has 4 nitrogen and oxygen atoms in total. The molecule has 0 aliphatic carbocycles. The molecule has 0 bridgehead atoms. The van der Waals surface area contributed by atoms with Crippen LogP contribution < -0.4 is 4.74 Å². The van der Waals surface area contributed by atoms with Crippen LogP contribution in [0.5, 0.6) is 5.75 Å². The van der Waals surface area contributed by atoms with E-state index < -0.39 is 0 Å². The minimum atomic E-state index is -0.386. The van der Waals surface area contributed by atoms with Gasteiger partial charge in [-0.2, -0.15) is 0 Å². The van der Waals surface area contributed by atoms with Crippen molar-refractivity contribution in [2.24, 2.45) is 0 Å². The standard InChI is InChI=1S/C21H24N2O2/c1-25-20-6-7-21-17(12-20)9-11-23(21)15-19(24)14-22-10-8-16-4-2-3-5-18(16)13-22/h2-7,9,11-12,19,24H,8,10,13-15H2,1H3/t19-/m1/s1. The van der Waals surface area contributed by atoms with Crippen LogP contribution in [0.3, 0.4) is 0 Å². The molecule has 2 heterocycles. The highest BCUT2D eigenvalue weighted by Gasteiger charge is 2.19. The Hall–Kier alpha value is -2.30. The summed E-state index contributed by atoms with van der Waals surface area (Å²) in [5.41, 5.74) is 3.96. The molecule has 130 valence electrons. The van der Waals surface area contributed by atoms with Gasteiger partial charge in [0.2, 0.25) is 0 Å². The number of ether oxygens (including phenoxy) is 1. The number of rotatable bonds is 5. The first-order chi connectivity index (χ1) is 12.2. The summed E-state index contributed by atoms with van der Waals surface area (Å²) in [6.07, 6.45) is 2.72. The van der Waals surface area contributed by atoms with Gasteiger partial charge in [0.25, 0.3) is 0 Å². The molecule has 1 atom stereocenters. The average molecular weight is 336 g/mol. The molecular formula is C21H24N2O2. The van der Waals surface area contributed by atoms with Crippen molar-refractivity contribution in [3.8, 4) is 5.75 Å². The molecule has 0 spiro atoms. The van der Waals surface area contributed by atoms with Crippen LogP contribution in [0.15, 0.2) is 54.7 Å². The Kier molecular flexibility index (Phi) is 4.47. The molecule has 2 aromatic carbocycles.